The van der Waals surface area contributed by atoms with Gasteiger partial charge in [-0.15, -0.1) is 0 Å². The molecule has 120 valence electrons. The first-order chi connectivity index (χ1) is 11.3. The van der Waals surface area contributed by atoms with Gasteiger partial charge in [0.2, 0.25) is 0 Å². The van der Waals surface area contributed by atoms with Gasteiger partial charge in [-0.25, -0.2) is 0 Å². The van der Waals surface area contributed by atoms with E-state index in [-0.39, 0.29) is 6.04 Å². The molecule has 4 rings (SSSR count). The molecule has 2 aromatic rings. The summed E-state index contributed by atoms with van der Waals surface area (Å²) in [5.41, 5.74) is 2.68. The zero-order valence-corrected chi connectivity index (χ0v) is 13.5. The van der Waals surface area contributed by atoms with Gasteiger partial charge >= 0.3 is 0 Å². The third-order valence-electron chi connectivity index (χ3n) is 5.85. The third kappa shape index (κ3) is 2.82. The van der Waals surface area contributed by atoms with E-state index >= 15 is 0 Å². The second-order valence-electron chi connectivity index (χ2n) is 7.08. The van der Waals surface area contributed by atoms with E-state index in [0.29, 0.717) is 17.9 Å². The molecule has 1 aliphatic carbocycles. The molecular weight excluding hydrogens is 282 g/mol. The van der Waals surface area contributed by atoms with Crippen molar-refractivity contribution in [2.24, 2.45) is 5.92 Å². The van der Waals surface area contributed by atoms with E-state index in [0.717, 1.165) is 12.8 Å². The van der Waals surface area contributed by atoms with Crippen LogP contribution in [0.2, 0.25) is 0 Å². The normalized spacial score (nSPS) is 31.5. The SMILES string of the molecule is ON1[C@@H]2CCCC[C@@H]2[C@@H](c2ccccc2)C[C@H]1c1ccccc1. The molecule has 1 heterocycles. The lowest BCUT2D eigenvalue weighted by molar-refractivity contribution is -0.207. The van der Waals surface area contributed by atoms with Crippen LogP contribution < -0.4 is 0 Å². The first-order valence-electron chi connectivity index (χ1n) is 8.91. The Bertz CT molecular complexity index is 627. The van der Waals surface area contributed by atoms with Crippen LogP contribution in [0, 0.1) is 5.92 Å². The highest BCUT2D eigenvalue weighted by molar-refractivity contribution is 5.26. The van der Waals surface area contributed by atoms with Crippen molar-refractivity contribution in [2.45, 2.75) is 50.1 Å². The van der Waals surface area contributed by atoms with Crippen molar-refractivity contribution >= 4 is 0 Å². The van der Waals surface area contributed by atoms with E-state index in [1.54, 1.807) is 5.06 Å². The van der Waals surface area contributed by atoms with Gasteiger partial charge in [-0.05, 0) is 42.2 Å². The monoisotopic (exact) mass is 307 g/mol. The highest BCUT2D eigenvalue weighted by Crippen LogP contribution is 2.49. The molecule has 4 atom stereocenters. The quantitative estimate of drug-likeness (QED) is 0.828. The van der Waals surface area contributed by atoms with Gasteiger partial charge < -0.3 is 5.21 Å². The number of fused-ring (bicyclic) bond motifs is 1. The fraction of sp³-hybridized carbons (Fsp3) is 0.429. The summed E-state index contributed by atoms with van der Waals surface area (Å²) in [6, 6.07) is 21.8. The first-order valence-corrected chi connectivity index (χ1v) is 8.91. The van der Waals surface area contributed by atoms with Gasteiger partial charge in [-0.2, -0.15) is 5.06 Å². The van der Waals surface area contributed by atoms with E-state index < -0.39 is 0 Å². The van der Waals surface area contributed by atoms with Crippen LogP contribution in [0.4, 0.5) is 0 Å². The van der Waals surface area contributed by atoms with Crippen LogP contribution in [0.25, 0.3) is 0 Å². The van der Waals surface area contributed by atoms with Crippen molar-refractivity contribution in [3.63, 3.8) is 0 Å². The number of hydroxylamine groups is 2. The summed E-state index contributed by atoms with van der Waals surface area (Å²) in [5, 5.41) is 12.6. The van der Waals surface area contributed by atoms with Crippen molar-refractivity contribution in [3.05, 3.63) is 71.8 Å². The fourth-order valence-corrected chi connectivity index (χ4v) is 4.74. The number of hydrogen-bond donors (Lipinski definition) is 1. The molecule has 0 aromatic heterocycles. The average Bonchev–Trinajstić information content (AvgIpc) is 2.64. The van der Waals surface area contributed by atoms with Crippen molar-refractivity contribution < 1.29 is 5.21 Å². The summed E-state index contributed by atoms with van der Waals surface area (Å²) in [7, 11) is 0. The molecule has 0 spiro atoms. The Kier molecular flexibility index (Phi) is 4.19. The zero-order valence-electron chi connectivity index (χ0n) is 13.5. The van der Waals surface area contributed by atoms with Crippen LogP contribution in [0.15, 0.2) is 60.7 Å². The fourth-order valence-electron chi connectivity index (χ4n) is 4.74. The topological polar surface area (TPSA) is 23.5 Å². The molecule has 2 aliphatic rings. The number of rotatable bonds is 2. The van der Waals surface area contributed by atoms with Gasteiger partial charge in [0.15, 0.2) is 0 Å². The van der Waals surface area contributed by atoms with Gasteiger partial charge in [0.25, 0.3) is 0 Å². The molecule has 2 nitrogen and oxygen atoms in total. The molecule has 0 bridgehead atoms. The maximum Gasteiger partial charge on any atom is 0.0608 e. The largest absolute Gasteiger partial charge is 0.313 e. The van der Waals surface area contributed by atoms with Gasteiger partial charge in [0, 0.05) is 6.04 Å². The Morgan fingerprint density at radius 2 is 1.39 bits per heavy atom. The van der Waals surface area contributed by atoms with Crippen LogP contribution in [-0.2, 0) is 0 Å². The summed E-state index contributed by atoms with van der Waals surface area (Å²) in [6.07, 6.45) is 5.90. The average molecular weight is 307 g/mol. The van der Waals surface area contributed by atoms with E-state index in [1.165, 1.54) is 30.4 Å². The lowest BCUT2D eigenvalue weighted by atomic mass is 9.67. The Morgan fingerprint density at radius 1 is 0.783 bits per heavy atom. The van der Waals surface area contributed by atoms with Crippen LogP contribution in [0.5, 0.6) is 0 Å². The summed E-state index contributed by atoms with van der Waals surface area (Å²) in [6.45, 7) is 0. The lowest BCUT2D eigenvalue weighted by Gasteiger charge is -2.49. The van der Waals surface area contributed by atoms with Crippen LogP contribution in [-0.4, -0.2) is 16.3 Å². The smallest absolute Gasteiger partial charge is 0.0608 e. The van der Waals surface area contributed by atoms with Crippen molar-refractivity contribution in [1.29, 1.82) is 0 Å². The van der Waals surface area contributed by atoms with E-state index in [9.17, 15) is 5.21 Å². The van der Waals surface area contributed by atoms with E-state index in [2.05, 4.69) is 54.6 Å². The Labute approximate surface area is 138 Å². The predicted molar refractivity (Wildman–Crippen MR) is 92.4 cm³/mol. The third-order valence-corrected chi connectivity index (χ3v) is 5.85. The minimum absolute atomic E-state index is 0.112. The number of nitrogens with zero attached hydrogens (tertiary/aromatic N) is 1. The number of hydrogen-bond acceptors (Lipinski definition) is 2. The molecule has 1 aliphatic heterocycles. The molecule has 0 unspecified atom stereocenters. The summed E-state index contributed by atoms with van der Waals surface area (Å²) >= 11 is 0. The lowest BCUT2D eigenvalue weighted by Crippen LogP contribution is -2.49. The molecule has 0 radical (unpaired) electrons. The molecule has 0 amide bonds. The van der Waals surface area contributed by atoms with Gasteiger partial charge in [-0.1, -0.05) is 73.5 Å². The van der Waals surface area contributed by atoms with E-state index in [1.807, 2.05) is 6.07 Å². The van der Waals surface area contributed by atoms with Crippen LogP contribution >= 0.6 is 0 Å². The van der Waals surface area contributed by atoms with Crippen LogP contribution in [0.1, 0.15) is 55.2 Å². The molecule has 23 heavy (non-hydrogen) atoms. The van der Waals surface area contributed by atoms with Gasteiger partial charge in [0.05, 0.1) is 6.04 Å². The van der Waals surface area contributed by atoms with E-state index in [4.69, 9.17) is 0 Å². The zero-order chi connectivity index (χ0) is 15.6. The molecule has 2 heteroatoms. The number of benzene rings is 2. The highest BCUT2D eigenvalue weighted by atomic mass is 16.5. The van der Waals surface area contributed by atoms with Crippen molar-refractivity contribution in [1.82, 2.24) is 5.06 Å². The molecule has 2 aromatic carbocycles. The summed E-state index contributed by atoms with van der Waals surface area (Å²) < 4.78 is 0. The Hall–Kier alpha value is -1.64. The minimum Gasteiger partial charge on any atom is -0.313 e. The van der Waals surface area contributed by atoms with Gasteiger partial charge in [0.1, 0.15) is 0 Å². The summed E-state index contributed by atoms with van der Waals surface area (Å²) in [4.78, 5) is 0. The molecule has 1 saturated heterocycles. The maximum absolute atomic E-state index is 10.9. The maximum atomic E-state index is 10.9. The second kappa shape index (κ2) is 6.46. The van der Waals surface area contributed by atoms with Crippen molar-refractivity contribution in [3.8, 4) is 0 Å². The Morgan fingerprint density at radius 3 is 2.09 bits per heavy atom. The standard InChI is InChI=1S/C21H25NO/c23-22-20-14-8-7-13-18(20)19(16-9-3-1-4-10-16)15-21(22)17-11-5-2-6-12-17/h1-6,9-12,18-21,23H,7-8,13-15H2/t18-,19-,20-,21+/m1/s1. The molecule has 1 N–H and O–H groups in total. The first kappa shape index (κ1) is 14.9. The van der Waals surface area contributed by atoms with Crippen molar-refractivity contribution in [2.75, 3.05) is 0 Å². The van der Waals surface area contributed by atoms with Gasteiger partial charge in [-0.3, -0.25) is 0 Å². The van der Waals surface area contributed by atoms with Crippen LogP contribution in [0.3, 0.4) is 0 Å². The number of piperidine rings is 1. The molecule has 2 fully saturated rings. The molecular formula is C21H25NO. The molecule has 1 saturated carbocycles. The Balaban J connectivity index is 1.70. The predicted octanol–water partition coefficient (Wildman–Crippen LogP) is 5.17. The highest BCUT2D eigenvalue weighted by Gasteiger charge is 2.44. The summed E-state index contributed by atoms with van der Waals surface area (Å²) in [5.74, 6) is 1.13. The second-order valence-corrected chi connectivity index (χ2v) is 7.08. The minimum atomic E-state index is 0.112.